The van der Waals surface area contributed by atoms with Crippen LogP contribution in [0.4, 0.5) is 18.9 Å². The van der Waals surface area contributed by atoms with E-state index in [2.05, 4.69) is 15.0 Å². The number of rotatable bonds is 3. The lowest BCUT2D eigenvalue weighted by Gasteiger charge is -2.10. The highest BCUT2D eigenvalue weighted by Crippen LogP contribution is 2.35. The first kappa shape index (κ1) is 15.0. The van der Waals surface area contributed by atoms with E-state index in [4.69, 9.17) is 21.9 Å². The molecule has 21 heavy (non-hydrogen) atoms. The Hall–Kier alpha value is -2.44. The molecule has 0 aliphatic carbocycles. The first-order chi connectivity index (χ1) is 9.90. The van der Waals surface area contributed by atoms with E-state index in [1.807, 2.05) is 0 Å². The number of halogens is 4. The third kappa shape index (κ3) is 3.77. The molecule has 2 rings (SSSR count). The average molecular weight is 315 g/mol. The van der Waals surface area contributed by atoms with Crippen LogP contribution in [0.5, 0.6) is 11.6 Å². The molecule has 0 saturated heterocycles. The molecular weight excluding hydrogens is 309 g/mol. The van der Waals surface area contributed by atoms with Gasteiger partial charge in [-0.1, -0.05) is 28.8 Å². The van der Waals surface area contributed by atoms with E-state index in [1.54, 1.807) is 6.07 Å². The number of hydrogen-bond donors (Lipinski definition) is 0. The third-order valence-corrected chi connectivity index (χ3v) is 2.60. The quantitative estimate of drug-likeness (QED) is 0.427. The Kier molecular flexibility index (Phi) is 4.21. The van der Waals surface area contributed by atoms with E-state index in [1.165, 1.54) is 18.2 Å². The van der Waals surface area contributed by atoms with Gasteiger partial charge in [-0.25, -0.2) is 4.98 Å². The number of pyridine rings is 1. The summed E-state index contributed by atoms with van der Waals surface area (Å²) in [7, 11) is 0. The monoisotopic (exact) mass is 314 g/mol. The molecule has 2 aromatic rings. The fraction of sp³-hybridized carbons (Fsp3) is 0.0833. The fourth-order valence-corrected chi connectivity index (χ4v) is 1.63. The van der Waals surface area contributed by atoms with Crippen molar-refractivity contribution >= 4 is 17.3 Å². The molecule has 0 N–H and O–H groups in total. The molecule has 108 valence electrons. The van der Waals surface area contributed by atoms with E-state index >= 15 is 0 Å². The molecule has 9 heteroatoms. The molecule has 0 bridgehead atoms. The zero-order valence-electron chi connectivity index (χ0n) is 10.2. The van der Waals surface area contributed by atoms with Crippen LogP contribution in [0.2, 0.25) is 5.02 Å². The standard InChI is InChI=1S/C12H6ClF3N4O/c13-10-4-7(12(14,15)16)6-18-11(10)21-9-3-1-2-8(5-9)19-20-17/h1-6H. The smallest absolute Gasteiger partial charge is 0.417 e. The van der Waals surface area contributed by atoms with Crippen molar-refractivity contribution in [2.75, 3.05) is 0 Å². The second kappa shape index (κ2) is 5.90. The number of aromatic nitrogens is 1. The fourth-order valence-electron chi connectivity index (χ4n) is 1.43. The molecule has 1 heterocycles. The SMILES string of the molecule is [N-]=[N+]=Nc1cccc(Oc2ncc(C(F)(F)F)cc2Cl)c1. The number of azide groups is 1. The molecule has 0 atom stereocenters. The Morgan fingerprint density at radius 1 is 1.29 bits per heavy atom. The van der Waals surface area contributed by atoms with Gasteiger partial charge in [0.05, 0.1) is 5.56 Å². The second-order valence-electron chi connectivity index (χ2n) is 3.80. The molecule has 0 fully saturated rings. The second-order valence-corrected chi connectivity index (χ2v) is 4.20. The van der Waals surface area contributed by atoms with Gasteiger partial charge in [-0.05, 0) is 23.7 Å². The van der Waals surface area contributed by atoms with Crippen LogP contribution < -0.4 is 4.74 Å². The molecular formula is C12H6ClF3N4O. The highest BCUT2D eigenvalue weighted by molar-refractivity contribution is 6.31. The Morgan fingerprint density at radius 3 is 2.67 bits per heavy atom. The maximum absolute atomic E-state index is 12.5. The van der Waals surface area contributed by atoms with Crippen molar-refractivity contribution in [2.24, 2.45) is 5.11 Å². The van der Waals surface area contributed by atoms with Gasteiger partial charge in [0.1, 0.15) is 10.8 Å². The van der Waals surface area contributed by atoms with Crippen molar-refractivity contribution in [3.63, 3.8) is 0 Å². The van der Waals surface area contributed by atoms with Gasteiger partial charge < -0.3 is 4.74 Å². The van der Waals surface area contributed by atoms with Crippen molar-refractivity contribution in [2.45, 2.75) is 6.18 Å². The Morgan fingerprint density at radius 2 is 2.05 bits per heavy atom. The first-order valence-corrected chi connectivity index (χ1v) is 5.83. The summed E-state index contributed by atoms with van der Waals surface area (Å²) in [5.74, 6) is 0.0526. The Balaban J connectivity index is 2.28. The van der Waals surface area contributed by atoms with E-state index in [-0.39, 0.29) is 22.3 Å². The topological polar surface area (TPSA) is 70.9 Å². The molecule has 0 saturated carbocycles. The summed E-state index contributed by atoms with van der Waals surface area (Å²) in [5.41, 5.74) is 7.65. The lowest BCUT2D eigenvalue weighted by atomic mass is 10.3. The van der Waals surface area contributed by atoms with Gasteiger partial charge in [0.2, 0.25) is 5.88 Å². The zero-order valence-corrected chi connectivity index (χ0v) is 10.9. The van der Waals surface area contributed by atoms with Crippen molar-refractivity contribution in [1.29, 1.82) is 0 Å². The summed E-state index contributed by atoms with van der Waals surface area (Å²) in [5, 5.41) is 3.10. The molecule has 1 aromatic carbocycles. The van der Waals surface area contributed by atoms with E-state index in [9.17, 15) is 13.2 Å². The van der Waals surface area contributed by atoms with E-state index in [0.717, 1.165) is 6.07 Å². The van der Waals surface area contributed by atoms with Gasteiger partial charge in [0.25, 0.3) is 0 Å². The summed E-state index contributed by atoms with van der Waals surface area (Å²) in [6.45, 7) is 0. The van der Waals surface area contributed by atoms with Crippen molar-refractivity contribution in [1.82, 2.24) is 4.98 Å². The van der Waals surface area contributed by atoms with Crippen LogP contribution in [0.25, 0.3) is 10.4 Å². The summed E-state index contributed by atoms with van der Waals surface area (Å²) in [4.78, 5) is 6.15. The highest BCUT2D eigenvalue weighted by Gasteiger charge is 2.31. The normalized spacial score (nSPS) is 10.9. The van der Waals surface area contributed by atoms with Gasteiger partial charge in [0, 0.05) is 16.8 Å². The summed E-state index contributed by atoms with van der Waals surface area (Å²) >= 11 is 5.72. The van der Waals surface area contributed by atoms with Gasteiger partial charge >= 0.3 is 6.18 Å². The van der Waals surface area contributed by atoms with Crippen molar-refractivity contribution in [3.05, 3.63) is 57.6 Å². The third-order valence-electron chi connectivity index (χ3n) is 2.33. The summed E-state index contributed by atoms with van der Waals surface area (Å²) < 4.78 is 42.7. The average Bonchev–Trinajstić information content (AvgIpc) is 2.41. The van der Waals surface area contributed by atoms with Crippen LogP contribution in [0.15, 0.2) is 41.6 Å². The first-order valence-electron chi connectivity index (χ1n) is 5.46. The number of ether oxygens (including phenoxy) is 1. The minimum Gasteiger partial charge on any atom is -0.438 e. The maximum Gasteiger partial charge on any atom is 0.417 e. The van der Waals surface area contributed by atoms with Gasteiger partial charge in [-0.3, -0.25) is 0 Å². The van der Waals surface area contributed by atoms with Crippen LogP contribution in [0, 0.1) is 0 Å². The van der Waals surface area contributed by atoms with Crippen LogP contribution in [-0.2, 0) is 6.18 Å². The van der Waals surface area contributed by atoms with Crippen molar-refractivity contribution in [3.8, 4) is 11.6 Å². The Labute approximate surface area is 121 Å². The molecule has 0 aliphatic rings. The number of hydrogen-bond acceptors (Lipinski definition) is 3. The zero-order chi connectivity index (χ0) is 15.5. The largest absolute Gasteiger partial charge is 0.438 e. The lowest BCUT2D eigenvalue weighted by Crippen LogP contribution is -2.05. The predicted molar refractivity (Wildman–Crippen MR) is 69.6 cm³/mol. The van der Waals surface area contributed by atoms with Crippen LogP contribution >= 0.6 is 11.6 Å². The Bertz CT molecular complexity index is 714. The number of alkyl halides is 3. The number of nitrogens with zero attached hydrogens (tertiary/aromatic N) is 4. The predicted octanol–water partition coefficient (Wildman–Crippen LogP) is 5.49. The lowest BCUT2D eigenvalue weighted by molar-refractivity contribution is -0.137. The minimum atomic E-state index is -4.53. The minimum absolute atomic E-state index is 0.178. The van der Waals surface area contributed by atoms with E-state index in [0.29, 0.717) is 6.20 Å². The molecule has 0 amide bonds. The molecule has 0 aliphatic heterocycles. The van der Waals surface area contributed by atoms with Crippen LogP contribution in [0.1, 0.15) is 5.56 Å². The molecule has 0 spiro atoms. The van der Waals surface area contributed by atoms with Crippen molar-refractivity contribution < 1.29 is 17.9 Å². The van der Waals surface area contributed by atoms with Gasteiger partial charge in [0.15, 0.2) is 0 Å². The van der Waals surface area contributed by atoms with Crippen LogP contribution in [0.3, 0.4) is 0 Å². The summed E-state index contributed by atoms with van der Waals surface area (Å²) in [6, 6.07) is 6.73. The summed E-state index contributed by atoms with van der Waals surface area (Å²) in [6.07, 6.45) is -3.91. The molecule has 5 nitrogen and oxygen atoms in total. The van der Waals surface area contributed by atoms with Crippen LogP contribution in [-0.4, -0.2) is 4.98 Å². The number of benzene rings is 1. The maximum atomic E-state index is 12.5. The molecule has 0 unspecified atom stereocenters. The van der Waals surface area contributed by atoms with Gasteiger partial charge in [-0.2, -0.15) is 13.2 Å². The molecule has 1 aromatic heterocycles. The molecule has 0 radical (unpaired) electrons. The van der Waals surface area contributed by atoms with E-state index < -0.39 is 11.7 Å². The van der Waals surface area contributed by atoms with Gasteiger partial charge in [-0.15, -0.1) is 0 Å². The highest BCUT2D eigenvalue weighted by atomic mass is 35.5.